The van der Waals surface area contributed by atoms with Gasteiger partial charge in [-0.15, -0.1) is 0 Å². The lowest BCUT2D eigenvalue weighted by Gasteiger charge is -2.22. The van der Waals surface area contributed by atoms with Crippen molar-refractivity contribution in [3.8, 4) is 0 Å². The number of nitrogens with one attached hydrogen (secondary N) is 1. The smallest absolute Gasteiger partial charge is 0.322 e. The predicted molar refractivity (Wildman–Crippen MR) is 128 cm³/mol. The quantitative estimate of drug-likeness (QED) is 0.619. The van der Waals surface area contributed by atoms with Gasteiger partial charge in [0.2, 0.25) is 0 Å². The highest BCUT2D eigenvalue weighted by molar-refractivity contribution is 5.78. The molecule has 0 bridgehead atoms. The number of allylic oxidation sites excluding steroid dienone is 3. The summed E-state index contributed by atoms with van der Waals surface area (Å²) in [5.41, 5.74) is 12.3. The summed E-state index contributed by atoms with van der Waals surface area (Å²) in [7, 11) is 0. The number of hydrogen-bond acceptors (Lipinski definition) is 3. The molecule has 0 aromatic heterocycles. The highest BCUT2D eigenvalue weighted by Crippen LogP contribution is 2.31. The first-order valence-corrected chi connectivity index (χ1v) is 11.3. The average molecular weight is 448 g/mol. The molecule has 172 valence electrons. The summed E-state index contributed by atoms with van der Waals surface area (Å²) in [5, 5.41) is 2.81. The lowest BCUT2D eigenvalue weighted by Crippen LogP contribution is -2.36. The molecule has 0 aliphatic carbocycles. The second kappa shape index (κ2) is 10.0. The van der Waals surface area contributed by atoms with Gasteiger partial charge in [-0.05, 0) is 71.7 Å². The molecule has 0 atom stereocenters. The third-order valence-electron chi connectivity index (χ3n) is 6.35. The van der Waals surface area contributed by atoms with Gasteiger partial charge in [-0.3, -0.25) is 0 Å². The van der Waals surface area contributed by atoms with Crippen LogP contribution in [0.3, 0.4) is 0 Å². The molecule has 2 aliphatic rings. The number of amides is 2. The molecule has 2 aromatic carbocycles. The lowest BCUT2D eigenvalue weighted by atomic mass is 9.90. The molecule has 1 fully saturated rings. The maximum absolute atomic E-state index is 13.1. The van der Waals surface area contributed by atoms with Crippen LogP contribution in [0.5, 0.6) is 0 Å². The fourth-order valence-electron chi connectivity index (χ4n) is 4.25. The normalized spacial score (nSPS) is 17.1. The zero-order chi connectivity index (χ0) is 23.4. The van der Waals surface area contributed by atoms with E-state index in [2.05, 4.69) is 30.1 Å². The van der Waals surface area contributed by atoms with E-state index in [0.717, 1.165) is 37.2 Å². The van der Waals surface area contributed by atoms with Crippen molar-refractivity contribution in [2.24, 2.45) is 5.73 Å². The molecule has 6 heteroatoms. The Kier molecular flexibility index (Phi) is 6.94. The highest BCUT2D eigenvalue weighted by Gasteiger charge is 2.25. The monoisotopic (exact) mass is 447 g/mol. The highest BCUT2D eigenvalue weighted by atomic mass is 19.1. The Morgan fingerprint density at radius 1 is 1.12 bits per heavy atom. The SMILES string of the molecule is C=C(NC(=O)N1Cc2ccc(C3CCOCC3)cc2C1)/C(N)=C\C=C(/C)c1ccc(F)cc1. The lowest BCUT2D eigenvalue weighted by molar-refractivity contribution is 0.0853. The number of carbonyl (C=O) groups is 1. The van der Waals surface area contributed by atoms with Gasteiger partial charge in [-0.2, -0.15) is 0 Å². The Hall–Kier alpha value is -3.38. The molecule has 33 heavy (non-hydrogen) atoms. The van der Waals surface area contributed by atoms with Crippen molar-refractivity contribution in [2.45, 2.75) is 38.8 Å². The van der Waals surface area contributed by atoms with Crippen LogP contribution in [-0.2, 0) is 17.8 Å². The van der Waals surface area contributed by atoms with Crippen molar-refractivity contribution in [1.29, 1.82) is 0 Å². The Morgan fingerprint density at radius 2 is 1.82 bits per heavy atom. The summed E-state index contributed by atoms with van der Waals surface area (Å²) in [6.07, 6.45) is 5.61. The summed E-state index contributed by atoms with van der Waals surface area (Å²) in [4.78, 5) is 14.6. The molecule has 2 amide bonds. The van der Waals surface area contributed by atoms with Crippen LogP contribution >= 0.6 is 0 Å². The second-order valence-electron chi connectivity index (χ2n) is 8.66. The molecule has 1 saturated heterocycles. The van der Waals surface area contributed by atoms with E-state index in [1.807, 2.05) is 13.0 Å². The van der Waals surface area contributed by atoms with Crippen LogP contribution in [0.2, 0.25) is 0 Å². The number of ether oxygens (including phenoxy) is 1. The second-order valence-corrected chi connectivity index (χ2v) is 8.66. The Bertz CT molecular complexity index is 1100. The van der Waals surface area contributed by atoms with Crippen molar-refractivity contribution < 1.29 is 13.9 Å². The van der Waals surface area contributed by atoms with Gasteiger partial charge in [0.25, 0.3) is 0 Å². The average Bonchev–Trinajstić information content (AvgIpc) is 3.27. The van der Waals surface area contributed by atoms with Gasteiger partial charge in [0.05, 0.1) is 11.4 Å². The van der Waals surface area contributed by atoms with Gasteiger partial charge in [0, 0.05) is 26.3 Å². The zero-order valence-electron chi connectivity index (χ0n) is 18.9. The number of fused-ring (bicyclic) bond motifs is 1. The molecule has 0 unspecified atom stereocenters. The number of nitrogens with zero attached hydrogens (tertiary/aromatic N) is 1. The number of halogens is 1. The predicted octanol–water partition coefficient (Wildman–Crippen LogP) is 5.20. The Labute approximate surface area is 194 Å². The number of benzene rings is 2. The van der Waals surface area contributed by atoms with Crippen LogP contribution < -0.4 is 11.1 Å². The minimum Gasteiger partial charge on any atom is -0.397 e. The first kappa shape index (κ1) is 22.8. The first-order valence-electron chi connectivity index (χ1n) is 11.3. The number of hydrogen-bond donors (Lipinski definition) is 2. The van der Waals surface area contributed by atoms with Crippen molar-refractivity contribution in [1.82, 2.24) is 10.2 Å². The molecule has 5 nitrogen and oxygen atoms in total. The summed E-state index contributed by atoms with van der Waals surface area (Å²) < 4.78 is 18.6. The van der Waals surface area contributed by atoms with Gasteiger partial charge in [-0.25, -0.2) is 9.18 Å². The summed E-state index contributed by atoms with van der Waals surface area (Å²) in [5.74, 6) is 0.254. The molecule has 0 radical (unpaired) electrons. The van der Waals surface area contributed by atoms with E-state index in [0.29, 0.717) is 30.4 Å². The standard InChI is InChI=1S/C27H30FN3O2/c1-18(20-6-8-25(28)9-7-20)3-10-26(29)19(2)30-27(32)31-16-23-5-4-22(15-24(23)17-31)21-11-13-33-14-12-21/h3-10,15,21H,2,11-14,16-17,29H2,1H3,(H,30,32)/b18-3+,26-10+. The number of nitrogens with two attached hydrogens (primary N) is 1. The van der Waals surface area contributed by atoms with Crippen LogP contribution in [-0.4, -0.2) is 24.1 Å². The minimum atomic E-state index is -0.276. The minimum absolute atomic E-state index is 0.223. The van der Waals surface area contributed by atoms with E-state index >= 15 is 0 Å². The number of rotatable bonds is 5. The summed E-state index contributed by atoms with van der Waals surface area (Å²) >= 11 is 0. The molecule has 0 spiro atoms. The maximum Gasteiger partial charge on any atom is 0.322 e. The Balaban J connectivity index is 1.35. The fraction of sp³-hybridized carbons (Fsp3) is 0.296. The maximum atomic E-state index is 13.1. The van der Waals surface area contributed by atoms with E-state index in [-0.39, 0.29) is 11.8 Å². The van der Waals surface area contributed by atoms with Gasteiger partial charge >= 0.3 is 6.03 Å². The summed E-state index contributed by atoms with van der Waals surface area (Å²) in [6.45, 7) is 8.58. The fourth-order valence-corrected chi connectivity index (χ4v) is 4.25. The molecule has 2 aliphatic heterocycles. The van der Waals surface area contributed by atoms with E-state index in [1.54, 1.807) is 23.1 Å². The topological polar surface area (TPSA) is 67.6 Å². The van der Waals surface area contributed by atoms with Gasteiger partial charge in [-0.1, -0.05) is 43.0 Å². The number of urea groups is 1. The molecule has 3 N–H and O–H groups in total. The zero-order valence-corrected chi connectivity index (χ0v) is 18.9. The van der Waals surface area contributed by atoms with Crippen LogP contribution in [0.1, 0.15) is 47.9 Å². The van der Waals surface area contributed by atoms with Crippen molar-refractivity contribution in [2.75, 3.05) is 13.2 Å². The number of carbonyl (C=O) groups excluding carboxylic acids is 1. The largest absolute Gasteiger partial charge is 0.397 e. The molecule has 0 saturated carbocycles. The molecule has 2 heterocycles. The van der Waals surface area contributed by atoms with Crippen molar-refractivity contribution in [3.05, 3.63) is 101 Å². The van der Waals surface area contributed by atoms with Gasteiger partial charge in [0.1, 0.15) is 5.82 Å². The molecule has 4 rings (SSSR count). The van der Waals surface area contributed by atoms with Crippen LogP contribution in [0.4, 0.5) is 9.18 Å². The molecular weight excluding hydrogens is 417 g/mol. The van der Waals surface area contributed by atoms with Crippen molar-refractivity contribution in [3.63, 3.8) is 0 Å². The van der Waals surface area contributed by atoms with Crippen LogP contribution in [0, 0.1) is 5.82 Å². The molecule has 2 aromatic rings. The van der Waals surface area contributed by atoms with E-state index < -0.39 is 0 Å². The van der Waals surface area contributed by atoms with E-state index in [1.165, 1.54) is 28.8 Å². The van der Waals surface area contributed by atoms with Gasteiger partial charge < -0.3 is 20.7 Å². The third kappa shape index (κ3) is 5.52. The van der Waals surface area contributed by atoms with Crippen LogP contribution in [0.15, 0.2) is 72.6 Å². The van der Waals surface area contributed by atoms with Gasteiger partial charge in [0.15, 0.2) is 0 Å². The van der Waals surface area contributed by atoms with E-state index in [9.17, 15) is 9.18 Å². The molecular formula is C27H30FN3O2. The van der Waals surface area contributed by atoms with Crippen LogP contribution in [0.25, 0.3) is 5.57 Å². The summed E-state index contributed by atoms with van der Waals surface area (Å²) in [6, 6.07) is 12.6. The van der Waals surface area contributed by atoms with Crippen molar-refractivity contribution >= 4 is 11.6 Å². The van der Waals surface area contributed by atoms with E-state index in [4.69, 9.17) is 10.5 Å². The third-order valence-corrected chi connectivity index (χ3v) is 6.35. The first-order chi connectivity index (χ1) is 15.9. The Morgan fingerprint density at radius 3 is 2.55 bits per heavy atom.